The first-order chi connectivity index (χ1) is 8.89. The fourth-order valence-corrected chi connectivity index (χ4v) is 3.42. The number of hydrogen-bond acceptors (Lipinski definition) is 4. The Hall–Kier alpha value is -0.130. The SMILES string of the molecule is CCCC1CNC(C(C)C)CN1CCS(=O)(=O)CC. The lowest BCUT2D eigenvalue weighted by Gasteiger charge is -2.42. The van der Waals surface area contributed by atoms with Crippen LogP contribution in [0.15, 0.2) is 0 Å². The molecule has 1 aliphatic heterocycles. The molecule has 0 aromatic rings. The number of nitrogens with zero attached hydrogens (tertiary/aromatic N) is 1. The van der Waals surface area contributed by atoms with E-state index in [1.807, 2.05) is 0 Å². The van der Waals surface area contributed by atoms with Gasteiger partial charge in [0.1, 0.15) is 0 Å². The third-order valence-electron chi connectivity index (χ3n) is 4.12. The Morgan fingerprint density at radius 1 is 1.32 bits per heavy atom. The molecular weight excluding hydrogens is 260 g/mol. The van der Waals surface area contributed by atoms with Crippen LogP contribution in [0.25, 0.3) is 0 Å². The van der Waals surface area contributed by atoms with Crippen LogP contribution >= 0.6 is 0 Å². The fourth-order valence-electron chi connectivity index (χ4n) is 2.62. The molecule has 0 aliphatic carbocycles. The van der Waals surface area contributed by atoms with Crippen molar-refractivity contribution >= 4 is 9.84 Å². The van der Waals surface area contributed by atoms with Crippen LogP contribution in [0.4, 0.5) is 0 Å². The lowest BCUT2D eigenvalue weighted by molar-refractivity contribution is 0.114. The van der Waals surface area contributed by atoms with Gasteiger partial charge in [0.05, 0.1) is 5.75 Å². The van der Waals surface area contributed by atoms with Crippen molar-refractivity contribution in [3.05, 3.63) is 0 Å². The van der Waals surface area contributed by atoms with E-state index >= 15 is 0 Å². The van der Waals surface area contributed by atoms with Gasteiger partial charge in [-0.05, 0) is 12.3 Å². The van der Waals surface area contributed by atoms with Gasteiger partial charge in [-0.25, -0.2) is 8.42 Å². The number of hydrogen-bond donors (Lipinski definition) is 1. The van der Waals surface area contributed by atoms with Crippen molar-refractivity contribution in [1.82, 2.24) is 10.2 Å². The highest BCUT2D eigenvalue weighted by atomic mass is 32.2. The molecule has 2 atom stereocenters. The molecule has 0 radical (unpaired) electrons. The Bertz CT molecular complexity index is 354. The monoisotopic (exact) mass is 290 g/mol. The zero-order valence-corrected chi connectivity index (χ0v) is 13.7. The minimum absolute atomic E-state index is 0.255. The van der Waals surface area contributed by atoms with E-state index in [4.69, 9.17) is 0 Å². The standard InChI is InChI=1S/C14H30N2O2S/c1-5-7-13-10-15-14(12(3)4)11-16(13)8-9-19(17,18)6-2/h12-15H,5-11H2,1-4H3. The highest BCUT2D eigenvalue weighted by molar-refractivity contribution is 7.91. The summed E-state index contributed by atoms with van der Waals surface area (Å²) in [6, 6.07) is 0.976. The molecule has 1 aliphatic rings. The molecule has 5 heteroatoms. The zero-order valence-electron chi connectivity index (χ0n) is 12.9. The summed E-state index contributed by atoms with van der Waals surface area (Å²) in [6.45, 7) is 11.0. The van der Waals surface area contributed by atoms with Gasteiger partial charge in [-0.15, -0.1) is 0 Å². The van der Waals surface area contributed by atoms with E-state index < -0.39 is 9.84 Å². The van der Waals surface area contributed by atoms with Crippen molar-refractivity contribution in [2.75, 3.05) is 31.1 Å². The molecule has 0 spiro atoms. The zero-order chi connectivity index (χ0) is 14.5. The van der Waals surface area contributed by atoms with Gasteiger partial charge < -0.3 is 5.32 Å². The maximum atomic E-state index is 11.7. The number of nitrogens with one attached hydrogen (secondary N) is 1. The van der Waals surface area contributed by atoms with Crippen molar-refractivity contribution in [3.63, 3.8) is 0 Å². The second-order valence-electron chi connectivity index (χ2n) is 5.93. The first kappa shape index (κ1) is 16.9. The molecule has 19 heavy (non-hydrogen) atoms. The maximum absolute atomic E-state index is 11.7. The van der Waals surface area contributed by atoms with Crippen LogP contribution in [-0.2, 0) is 9.84 Å². The second kappa shape index (κ2) is 7.60. The van der Waals surface area contributed by atoms with Gasteiger partial charge in [-0.3, -0.25) is 4.90 Å². The van der Waals surface area contributed by atoms with Crippen LogP contribution in [0.3, 0.4) is 0 Å². The van der Waals surface area contributed by atoms with Gasteiger partial charge in [0, 0.05) is 37.5 Å². The first-order valence-corrected chi connectivity index (χ1v) is 9.39. The summed E-state index contributed by atoms with van der Waals surface area (Å²) in [7, 11) is -2.86. The smallest absolute Gasteiger partial charge is 0.151 e. The average molecular weight is 290 g/mol. The van der Waals surface area contributed by atoms with E-state index in [-0.39, 0.29) is 5.75 Å². The molecule has 4 nitrogen and oxygen atoms in total. The number of rotatable bonds is 7. The minimum Gasteiger partial charge on any atom is -0.311 e. The fraction of sp³-hybridized carbons (Fsp3) is 1.00. The Labute approximate surface area is 118 Å². The third kappa shape index (κ3) is 5.40. The van der Waals surface area contributed by atoms with Gasteiger partial charge >= 0.3 is 0 Å². The summed E-state index contributed by atoms with van der Waals surface area (Å²) >= 11 is 0. The third-order valence-corrected chi connectivity index (χ3v) is 5.80. The minimum atomic E-state index is -2.86. The molecular formula is C14H30N2O2S. The van der Waals surface area contributed by atoms with Crippen LogP contribution in [0.1, 0.15) is 40.5 Å². The molecule has 0 bridgehead atoms. The molecule has 1 rings (SSSR count). The number of piperazine rings is 1. The molecule has 1 fully saturated rings. The van der Waals surface area contributed by atoms with E-state index in [1.165, 1.54) is 0 Å². The molecule has 1 saturated heterocycles. The van der Waals surface area contributed by atoms with Gasteiger partial charge in [0.15, 0.2) is 9.84 Å². The van der Waals surface area contributed by atoms with Crippen LogP contribution < -0.4 is 5.32 Å². The molecule has 1 N–H and O–H groups in total. The van der Waals surface area contributed by atoms with Gasteiger partial charge in [-0.2, -0.15) is 0 Å². The van der Waals surface area contributed by atoms with Crippen molar-refractivity contribution in [2.24, 2.45) is 5.92 Å². The van der Waals surface area contributed by atoms with E-state index in [1.54, 1.807) is 6.92 Å². The van der Waals surface area contributed by atoms with E-state index in [2.05, 4.69) is 31.0 Å². The average Bonchev–Trinajstić information content (AvgIpc) is 2.37. The summed E-state index contributed by atoms with van der Waals surface area (Å²) in [5, 5.41) is 3.60. The van der Waals surface area contributed by atoms with Crippen molar-refractivity contribution in [1.29, 1.82) is 0 Å². The summed E-state index contributed by atoms with van der Waals surface area (Å²) in [6.07, 6.45) is 2.29. The molecule has 0 amide bonds. The summed E-state index contributed by atoms with van der Waals surface area (Å²) in [5.41, 5.74) is 0. The number of sulfone groups is 1. The highest BCUT2D eigenvalue weighted by Crippen LogP contribution is 2.16. The van der Waals surface area contributed by atoms with Crippen molar-refractivity contribution in [2.45, 2.75) is 52.6 Å². The van der Waals surface area contributed by atoms with E-state index in [0.29, 0.717) is 30.3 Å². The van der Waals surface area contributed by atoms with Crippen LogP contribution in [0.5, 0.6) is 0 Å². The van der Waals surface area contributed by atoms with Gasteiger partial charge in [0.2, 0.25) is 0 Å². The normalized spacial score (nSPS) is 25.9. The Morgan fingerprint density at radius 2 is 2.00 bits per heavy atom. The van der Waals surface area contributed by atoms with Crippen LogP contribution in [0.2, 0.25) is 0 Å². The Kier molecular flexibility index (Phi) is 6.77. The molecule has 0 aromatic heterocycles. The van der Waals surface area contributed by atoms with Crippen molar-refractivity contribution < 1.29 is 8.42 Å². The topological polar surface area (TPSA) is 49.4 Å². The lowest BCUT2D eigenvalue weighted by atomic mass is 9.98. The quantitative estimate of drug-likeness (QED) is 0.772. The van der Waals surface area contributed by atoms with Crippen LogP contribution in [-0.4, -0.2) is 56.5 Å². The summed E-state index contributed by atoms with van der Waals surface area (Å²) < 4.78 is 23.4. The summed E-state index contributed by atoms with van der Waals surface area (Å²) in [5.74, 6) is 1.15. The molecule has 0 saturated carbocycles. The second-order valence-corrected chi connectivity index (χ2v) is 8.41. The van der Waals surface area contributed by atoms with Crippen LogP contribution in [0, 0.1) is 5.92 Å². The molecule has 0 aromatic carbocycles. The highest BCUT2D eigenvalue weighted by Gasteiger charge is 2.29. The maximum Gasteiger partial charge on any atom is 0.151 e. The Morgan fingerprint density at radius 3 is 2.53 bits per heavy atom. The molecule has 1 heterocycles. The van der Waals surface area contributed by atoms with E-state index in [0.717, 1.165) is 25.9 Å². The summed E-state index contributed by atoms with van der Waals surface area (Å²) in [4.78, 5) is 2.39. The Balaban J connectivity index is 2.61. The lowest BCUT2D eigenvalue weighted by Crippen LogP contribution is -2.58. The van der Waals surface area contributed by atoms with Gasteiger partial charge in [0.25, 0.3) is 0 Å². The predicted molar refractivity (Wildman–Crippen MR) is 81.2 cm³/mol. The first-order valence-electron chi connectivity index (χ1n) is 7.57. The van der Waals surface area contributed by atoms with E-state index in [9.17, 15) is 8.42 Å². The van der Waals surface area contributed by atoms with Crippen molar-refractivity contribution in [3.8, 4) is 0 Å². The largest absolute Gasteiger partial charge is 0.311 e. The van der Waals surface area contributed by atoms with Gasteiger partial charge in [-0.1, -0.05) is 34.1 Å². The molecule has 2 unspecified atom stereocenters. The predicted octanol–water partition coefficient (Wildman–Crippen LogP) is 1.52. The molecule has 114 valence electrons.